The van der Waals surface area contributed by atoms with E-state index in [0.29, 0.717) is 5.38 Å². The van der Waals surface area contributed by atoms with Gasteiger partial charge in [-0.25, -0.2) is 4.98 Å². The minimum absolute atomic E-state index is 0.407. The SMILES string of the molecule is Cc1nsc(N(C)CC2CC(Cl)C2)n1. The standard InChI is InChI=1S/C9H14ClN3S/c1-6-11-9(14-12-6)13(2)5-7-3-8(10)4-7/h7-8H,3-5H2,1-2H3. The molecule has 0 amide bonds. The maximum absolute atomic E-state index is 5.93. The van der Waals surface area contributed by atoms with Gasteiger partial charge in [0.1, 0.15) is 5.82 Å². The Morgan fingerprint density at radius 1 is 1.57 bits per heavy atom. The Balaban J connectivity index is 1.86. The lowest BCUT2D eigenvalue weighted by Crippen LogP contribution is -2.34. The first-order chi connectivity index (χ1) is 6.65. The van der Waals surface area contributed by atoms with Gasteiger partial charge >= 0.3 is 0 Å². The Morgan fingerprint density at radius 2 is 2.29 bits per heavy atom. The summed E-state index contributed by atoms with van der Waals surface area (Å²) in [5.41, 5.74) is 0. The maximum atomic E-state index is 5.93. The second-order valence-electron chi connectivity index (χ2n) is 3.94. The lowest BCUT2D eigenvalue weighted by Gasteiger charge is -2.33. The molecule has 0 aliphatic heterocycles. The van der Waals surface area contributed by atoms with Crippen LogP contribution in [-0.4, -0.2) is 28.3 Å². The predicted molar refractivity (Wildman–Crippen MR) is 60.3 cm³/mol. The van der Waals surface area contributed by atoms with E-state index < -0.39 is 0 Å². The van der Waals surface area contributed by atoms with Crippen LogP contribution in [0.3, 0.4) is 0 Å². The van der Waals surface area contributed by atoms with Gasteiger partial charge in [-0.2, -0.15) is 4.37 Å². The highest BCUT2D eigenvalue weighted by Crippen LogP contribution is 2.33. The third-order valence-electron chi connectivity index (χ3n) is 2.55. The summed E-state index contributed by atoms with van der Waals surface area (Å²) >= 11 is 7.40. The summed E-state index contributed by atoms with van der Waals surface area (Å²) in [6, 6.07) is 0. The van der Waals surface area contributed by atoms with Crippen LogP contribution in [0.2, 0.25) is 0 Å². The Kier molecular flexibility index (Phi) is 2.93. The summed E-state index contributed by atoms with van der Waals surface area (Å²) in [5, 5.41) is 1.42. The van der Waals surface area contributed by atoms with Crippen molar-refractivity contribution >= 4 is 28.3 Å². The number of alkyl halides is 1. The number of nitrogens with zero attached hydrogens (tertiary/aromatic N) is 3. The average molecular weight is 232 g/mol. The van der Waals surface area contributed by atoms with Gasteiger partial charge in [-0.3, -0.25) is 0 Å². The topological polar surface area (TPSA) is 29.0 Å². The van der Waals surface area contributed by atoms with Gasteiger partial charge < -0.3 is 4.90 Å². The van der Waals surface area contributed by atoms with Gasteiger partial charge in [-0.05, 0) is 25.7 Å². The number of hydrogen-bond acceptors (Lipinski definition) is 4. The van der Waals surface area contributed by atoms with Crippen LogP contribution in [-0.2, 0) is 0 Å². The van der Waals surface area contributed by atoms with E-state index in [1.807, 2.05) is 6.92 Å². The summed E-state index contributed by atoms with van der Waals surface area (Å²) < 4.78 is 4.17. The van der Waals surface area contributed by atoms with E-state index in [2.05, 4.69) is 21.3 Å². The Hall–Kier alpha value is -0.350. The first-order valence-corrected chi connectivity index (χ1v) is 6.01. The Bertz CT molecular complexity index is 309. The maximum Gasteiger partial charge on any atom is 0.204 e. The number of aryl methyl sites for hydroxylation is 1. The first-order valence-electron chi connectivity index (χ1n) is 4.80. The van der Waals surface area contributed by atoms with Gasteiger partial charge in [0.25, 0.3) is 0 Å². The molecular formula is C9H14ClN3S. The van der Waals surface area contributed by atoms with Gasteiger partial charge in [0.05, 0.1) is 0 Å². The van der Waals surface area contributed by atoms with Gasteiger partial charge in [0.2, 0.25) is 5.13 Å². The molecule has 5 heteroatoms. The van der Waals surface area contributed by atoms with E-state index in [9.17, 15) is 0 Å². The molecule has 3 nitrogen and oxygen atoms in total. The molecule has 0 bridgehead atoms. The van der Waals surface area contributed by atoms with E-state index in [0.717, 1.165) is 36.3 Å². The van der Waals surface area contributed by atoms with Crippen LogP contribution in [0.5, 0.6) is 0 Å². The highest BCUT2D eigenvalue weighted by molar-refractivity contribution is 7.09. The summed E-state index contributed by atoms with van der Waals surface area (Å²) in [7, 11) is 2.07. The van der Waals surface area contributed by atoms with E-state index in [4.69, 9.17) is 11.6 Å². The summed E-state index contributed by atoms with van der Waals surface area (Å²) in [6.45, 7) is 2.98. The molecule has 1 aromatic rings. The fourth-order valence-electron chi connectivity index (χ4n) is 1.71. The highest BCUT2D eigenvalue weighted by Gasteiger charge is 2.28. The van der Waals surface area contributed by atoms with Crippen LogP contribution in [0.25, 0.3) is 0 Å². The number of aromatic nitrogens is 2. The quantitative estimate of drug-likeness (QED) is 0.748. The van der Waals surface area contributed by atoms with Crippen molar-refractivity contribution in [1.29, 1.82) is 0 Å². The Morgan fingerprint density at radius 3 is 2.79 bits per heavy atom. The van der Waals surface area contributed by atoms with E-state index in [-0.39, 0.29) is 0 Å². The fourth-order valence-corrected chi connectivity index (χ4v) is 2.86. The van der Waals surface area contributed by atoms with E-state index >= 15 is 0 Å². The smallest absolute Gasteiger partial charge is 0.204 e. The molecule has 0 saturated heterocycles. The van der Waals surface area contributed by atoms with Crippen molar-refractivity contribution in [2.75, 3.05) is 18.5 Å². The van der Waals surface area contributed by atoms with Crippen molar-refractivity contribution in [3.05, 3.63) is 5.82 Å². The van der Waals surface area contributed by atoms with Crippen molar-refractivity contribution < 1.29 is 0 Å². The highest BCUT2D eigenvalue weighted by atomic mass is 35.5. The minimum atomic E-state index is 0.407. The van der Waals surface area contributed by atoms with Crippen LogP contribution in [0.4, 0.5) is 5.13 Å². The van der Waals surface area contributed by atoms with Crippen molar-refractivity contribution in [1.82, 2.24) is 9.36 Å². The van der Waals surface area contributed by atoms with Crippen LogP contribution >= 0.6 is 23.1 Å². The normalized spacial score (nSPS) is 25.9. The molecule has 0 unspecified atom stereocenters. The molecule has 0 radical (unpaired) electrons. The molecule has 1 heterocycles. The zero-order chi connectivity index (χ0) is 10.1. The van der Waals surface area contributed by atoms with Crippen LogP contribution in [0.1, 0.15) is 18.7 Å². The molecule has 0 N–H and O–H groups in total. The van der Waals surface area contributed by atoms with Crippen molar-refractivity contribution in [2.45, 2.75) is 25.1 Å². The van der Waals surface area contributed by atoms with Gasteiger partial charge in [-0.1, -0.05) is 0 Å². The summed E-state index contributed by atoms with van der Waals surface area (Å²) in [5.74, 6) is 1.60. The number of anilines is 1. The van der Waals surface area contributed by atoms with Crippen LogP contribution in [0, 0.1) is 12.8 Å². The molecule has 0 atom stereocenters. The van der Waals surface area contributed by atoms with Crippen molar-refractivity contribution in [3.63, 3.8) is 0 Å². The Labute approximate surface area is 93.3 Å². The lowest BCUT2D eigenvalue weighted by atomic mass is 9.84. The number of halogens is 1. The van der Waals surface area contributed by atoms with E-state index in [1.54, 1.807) is 0 Å². The van der Waals surface area contributed by atoms with Crippen LogP contribution in [0.15, 0.2) is 0 Å². The molecule has 78 valence electrons. The minimum Gasteiger partial charge on any atom is -0.350 e. The number of rotatable bonds is 3. The average Bonchev–Trinajstić information content (AvgIpc) is 2.49. The summed E-state index contributed by atoms with van der Waals surface area (Å²) in [6.07, 6.45) is 2.29. The molecule has 14 heavy (non-hydrogen) atoms. The largest absolute Gasteiger partial charge is 0.350 e. The third-order valence-corrected chi connectivity index (χ3v) is 3.83. The van der Waals surface area contributed by atoms with E-state index in [1.165, 1.54) is 11.5 Å². The molecule has 1 fully saturated rings. The molecule has 1 aromatic heterocycles. The molecule has 1 saturated carbocycles. The number of hydrogen-bond donors (Lipinski definition) is 0. The fraction of sp³-hybridized carbons (Fsp3) is 0.778. The zero-order valence-electron chi connectivity index (χ0n) is 8.40. The van der Waals surface area contributed by atoms with Crippen molar-refractivity contribution in [3.8, 4) is 0 Å². The molecule has 1 aliphatic carbocycles. The molecule has 0 spiro atoms. The molecule has 2 rings (SSSR count). The monoisotopic (exact) mass is 231 g/mol. The van der Waals surface area contributed by atoms with Gasteiger partial charge in [-0.15, -0.1) is 11.6 Å². The molecule has 1 aliphatic rings. The molecule has 0 aromatic carbocycles. The summed E-state index contributed by atoms with van der Waals surface area (Å²) in [4.78, 5) is 6.52. The van der Waals surface area contributed by atoms with Gasteiger partial charge in [0.15, 0.2) is 0 Å². The third kappa shape index (κ3) is 2.17. The molecular weight excluding hydrogens is 218 g/mol. The second kappa shape index (κ2) is 4.03. The first kappa shape index (κ1) is 10.2. The lowest BCUT2D eigenvalue weighted by molar-refractivity contribution is 0.329. The second-order valence-corrected chi connectivity index (χ2v) is 5.29. The predicted octanol–water partition coefficient (Wildman–Crippen LogP) is 2.30. The zero-order valence-corrected chi connectivity index (χ0v) is 9.98. The van der Waals surface area contributed by atoms with Gasteiger partial charge in [0, 0.05) is 30.5 Å². The van der Waals surface area contributed by atoms with Crippen molar-refractivity contribution in [2.24, 2.45) is 5.92 Å². The van der Waals surface area contributed by atoms with Crippen LogP contribution < -0.4 is 4.90 Å².